The summed E-state index contributed by atoms with van der Waals surface area (Å²) < 4.78 is 0.225. The van der Waals surface area contributed by atoms with Gasteiger partial charge in [-0.25, -0.2) is 0 Å². The zero-order chi connectivity index (χ0) is 29.5. The molecule has 0 fully saturated rings. The molecular formula is C32H60NO6+. The van der Waals surface area contributed by atoms with Gasteiger partial charge in [0.15, 0.2) is 0 Å². The first kappa shape index (κ1) is 37.1. The minimum absolute atomic E-state index is 0.225. The number of unbranched alkanes of at least 4 members (excludes halogenated alkanes) is 14. The third-order valence-electron chi connectivity index (χ3n) is 7.89. The molecule has 0 aliphatic rings. The highest BCUT2D eigenvalue weighted by Gasteiger charge is 2.38. The third-order valence-corrected chi connectivity index (χ3v) is 7.89. The monoisotopic (exact) mass is 554 g/mol. The van der Waals surface area contributed by atoms with E-state index in [0.29, 0.717) is 6.54 Å². The summed E-state index contributed by atoms with van der Waals surface area (Å²) in [7, 11) is 0. The van der Waals surface area contributed by atoms with E-state index in [0.717, 1.165) is 19.3 Å². The van der Waals surface area contributed by atoms with Gasteiger partial charge in [-0.15, -0.1) is 0 Å². The molecule has 3 unspecified atom stereocenters. The number of allylic oxidation sites excluding steroid dienone is 2. The summed E-state index contributed by atoms with van der Waals surface area (Å²) in [6.07, 6.45) is 24.2. The Morgan fingerprint density at radius 2 is 0.846 bits per heavy atom. The molecule has 0 spiro atoms. The SMILES string of the molecule is CCCCCC/C=C/CCCCCCCCCCCC[N+](CC(C)C(=O)O)(CC(C)C(=O)O)CC(C)C(=O)O. The minimum atomic E-state index is -0.933. The molecule has 228 valence electrons. The summed E-state index contributed by atoms with van der Waals surface area (Å²) >= 11 is 0. The second-order valence-corrected chi connectivity index (χ2v) is 12.0. The Kier molecular flexibility index (Phi) is 21.8. The first-order valence-electron chi connectivity index (χ1n) is 15.7. The van der Waals surface area contributed by atoms with E-state index in [2.05, 4.69) is 19.1 Å². The average molecular weight is 555 g/mol. The lowest BCUT2D eigenvalue weighted by molar-refractivity contribution is -0.934. The van der Waals surface area contributed by atoms with Gasteiger partial charge in [0, 0.05) is 0 Å². The number of aliphatic carboxylic acids is 3. The second-order valence-electron chi connectivity index (χ2n) is 12.0. The van der Waals surface area contributed by atoms with Gasteiger partial charge in [0.1, 0.15) is 17.8 Å². The number of quaternary nitrogens is 1. The van der Waals surface area contributed by atoms with Gasteiger partial charge in [0.25, 0.3) is 0 Å². The van der Waals surface area contributed by atoms with Crippen molar-refractivity contribution < 1.29 is 34.2 Å². The number of rotatable bonds is 27. The second kappa shape index (κ2) is 22.9. The van der Waals surface area contributed by atoms with E-state index < -0.39 is 35.7 Å². The van der Waals surface area contributed by atoms with Gasteiger partial charge in [-0.05, 0) is 59.3 Å². The van der Waals surface area contributed by atoms with Crippen molar-refractivity contribution in [2.75, 3.05) is 26.2 Å². The Morgan fingerprint density at radius 3 is 1.18 bits per heavy atom. The maximum atomic E-state index is 11.6. The van der Waals surface area contributed by atoms with Crippen molar-refractivity contribution in [1.29, 1.82) is 0 Å². The highest BCUT2D eigenvalue weighted by Crippen LogP contribution is 2.22. The van der Waals surface area contributed by atoms with Gasteiger partial charge in [0.05, 0.1) is 26.2 Å². The lowest BCUT2D eigenvalue weighted by Crippen LogP contribution is -2.57. The normalized spacial score (nSPS) is 15.6. The number of carbonyl (C=O) groups is 3. The fourth-order valence-corrected chi connectivity index (χ4v) is 5.52. The largest absolute Gasteiger partial charge is 0.481 e. The van der Waals surface area contributed by atoms with Crippen LogP contribution in [0.4, 0.5) is 0 Å². The molecule has 0 saturated carbocycles. The van der Waals surface area contributed by atoms with Gasteiger partial charge in [-0.1, -0.05) is 83.3 Å². The van der Waals surface area contributed by atoms with Crippen molar-refractivity contribution in [2.24, 2.45) is 17.8 Å². The fraction of sp³-hybridized carbons (Fsp3) is 0.844. The lowest BCUT2D eigenvalue weighted by atomic mass is 10.00. The van der Waals surface area contributed by atoms with Crippen LogP contribution in [0.3, 0.4) is 0 Å². The molecule has 0 aromatic carbocycles. The molecule has 3 N–H and O–H groups in total. The Morgan fingerprint density at radius 1 is 0.538 bits per heavy atom. The van der Waals surface area contributed by atoms with E-state index in [1.54, 1.807) is 20.8 Å². The number of hydrogen-bond acceptors (Lipinski definition) is 3. The van der Waals surface area contributed by atoms with Crippen molar-refractivity contribution in [3.63, 3.8) is 0 Å². The molecule has 0 aliphatic carbocycles. The van der Waals surface area contributed by atoms with E-state index >= 15 is 0 Å². The Bertz CT molecular complexity index is 637. The van der Waals surface area contributed by atoms with E-state index in [9.17, 15) is 29.7 Å². The Hall–Kier alpha value is -1.89. The van der Waals surface area contributed by atoms with Crippen LogP contribution in [0.1, 0.15) is 130 Å². The van der Waals surface area contributed by atoms with Crippen molar-refractivity contribution in [3.05, 3.63) is 12.2 Å². The van der Waals surface area contributed by atoms with Gasteiger partial charge in [-0.3, -0.25) is 14.4 Å². The predicted octanol–water partition coefficient (Wildman–Crippen LogP) is 7.78. The van der Waals surface area contributed by atoms with Crippen molar-refractivity contribution in [3.8, 4) is 0 Å². The molecule has 0 aromatic heterocycles. The molecule has 0 amide bonds. The van der Waals surface area contributed by atoms with Crippen molar-refractivity contribution >= 4 is 17.9 Å². The Labute approximate surface area is 238 Å². The molecule has 3 atom stereocenters. The van der Waals surface area contributed by atoms with Crippen LogP contribution in [0.25, 0.3) is 0 Å². The molecule has 0 saturated heterocycles. The molecule has 7 nitrogen and oxygen atoms in total. The van der Waals surface area contributed by atoms with Crippen LogP contribution >= 0.6 is 0 Å². The van der Waals surface area contributed by atoms with Crippen molar-refractivity contribution in [2.45, 2.75) is 130 Å². The summed E-state index contributed by atoms with van der Waals surface area (Å²) in [6, 6.07) is 0. The summed E-state index contributed by atoms with van der Waals surface area (Å²) in [4.78, 5) is 34.8. The topological polar surface area (TPSA) is 112 Å². The quantitative estimate of drug-likeness (QED) is 0.0543. The maximum Gasteiger partial charge on any atom is 0.311 e. The molecule has 0 radical (unpaired) electrons. The van der Waals surface area contributed by atoms with Gasteiger partial charge in [0.2, 0.25) is 0 Å². The van der Waals surface area contributed by atoms with Crippen LogP contribution in [0.5, 0.6) is 0 Å². The van der Waals surface area contributed by atoms with E-state index in [-0.39, 0.29) is 24.1 Å². The molecule has 0 heterocycles. The molecule has 0 aromatic rings. The van der Waals surface area contributed by atoms with E-state index in [4.69, 9.17) is 0 Å². The van der Waals surface area contributed by atoms with Crippen LogP contribution in [0, 0.1) is 17.8 Å². The molecule has 0 bridgehead atoms. The average Bonchev–Trinajstić information content (AvgIpc) is 2.87. The third kappa shape index (κ3) is 19.8. The predicted molar refractivity (Wildman–Crippen MR) is 159 cm³/mol. The Balaban J connectivity index is 4.37. The van der Waals surface area contributed by atoms with Crippen LogP contribution in [-0.4, -0.2) is 63.9 Å². The zero-order valence-electron chi connectivity index (χ0n) is 25.5. The smallest absolute Gasteiger partial charge is 0.311 e. The number of nitrogens with zero attached hydrogens (tertiary/aromatic N) is 1. The molecule has 39 heavy (non-hydrogen) atoms. The first-order valence-corrected chi connectivity index (χ1v) is 15.7. The summed E-state index contributed by atoms with van der Waals surface area (Å²) in [5.41, 5.74) is 0. The fourth-order valence-electron chi connectivity index (χ4n) is 5.52. The van der Waals surface area contributed by atoms with Crippen LogP contribution in [0.15, 0.2) is 12.2 Å². The maximum absolute atomic E-state index is 11.6. The van der Waals surface area contributed by atoms with Crippen molar-refractivity contribution in [1.82, 2.24) is 0 Å². The van der Waals surface area contributed by atoms with Crippen LogP contribution < -0.4 is 0 Å². The zero-order valence-corrected chi connectivity index (χ0v) is 25.5. The van der Waals surface area contributed by atoms with E-state index in [1.165, 1.54) is 83.5 Å². The van der Waals surface area contributed by atoms with Gasteiger partial charge < -0.3 is 19.8 Å². The highest BCUT2D eigenvalue weighted by atomic mass is 16.4. The molecule has 7 heteroatoms. The summed E-state index contributed by atoms with van der Waals surface area (Å²) in [5.74, 6) is -4.80. The lowest BCUT2D eigenvalue weighted by Gasteiger charge is -2.42. The summed E-state index contributed by atoms with van der Waals surface area (Å²) in [5, 5.41) is 28.5. The molecule has 0 aliphatic heterocycles. The minimum Gasteiger partial charge on any atom is -0.481 e. The summed E-state index contributed by atoms with van der Waals surface area (Å²) in [6.45, 7) is 8.48. The number of hydrogen-bond donors (Lipinski definition) is 3. The van der Waals surface area contributed by atoms with Crippen LogP contribution in [0.2, 0.25) is 0 Å². The van der Waals surface area contributed by atoms with Crippen LogP contribution in [-0.2, 0) is 14.4 Å². The van der Waals surface area contributed by atoms with Gasteiger partial charge >= 0.3 is 17.9 Å². The highest BCUT2D eigenvalue weighted by molar-refractivity contribution is 5.70. The number of carboxylic acids is 3. The van der Waals surface area contributed by atoms with Gasteiger partial charge in [-0.2, -0.15) is 0 Å². The standard InChI is InChI=1S/C32H59NO6/c1-5-6-7-8-9-10-11-12-13-14-15-16-17-18-19-20-21-22-23-33(24-27(2)30(34)35,25-28(3)31(36)37)26-29(4)32(38)39/h10-11,27-29H,5-9,12-26H2,1-4H3,(H2-,34,35,36,37,38,39)/p+1/b11-10+. The molecule has 0 rings (SSSR count). The first-order chi connectivity index (χ1) is 18.5. The number of carboxylic acid groups (broad SMARTS) is 3. The molecular weight excluding hydrogens is 494 g/mol. The van der Waals surface area contributed by atoms with E-state index in [1.807, 2.05) is 0 Å².